The first kappa shape index (κ1) is 28.2. The van der Waals surface area contributed by atoms with Crippen molar-refractivity contribution in [2.24, 2.45) is 0 Å². The Morgan fingerprint density at radius 3 is 2.53 bits per heavy atom. The Morgan fingerprint density at radius 2 is 1.84 bits per heavy atom. The van der Waals surface area contributed by atoms with Crippen LogP contribution in [0, 0.1) is 0 Å². The number of hydrogen-bond acceptors (Lipinski definition) is 13. The molecule has 2 fully saturated rings. The molecule has 6 heterocycles. The molecule has 2 aromatic rings. The molecule has 2 saturated heterocycles. The Hall–Kier alpha value is -1.37. The van der Waals surface area contributed by atoms with Crippen molar-refractivity contribution in [3.63, 3.8) is 0 Å². The maximum Gasteiger partial charge on any atom is 0.481 e. The number of imidazole rings is 1. The molecule has 20 heteroatoms. The van der Waals surface area contributed by atoms with Gasteiger partial charge in [-0.1, -0.05) is 6.08 Å². The highest BCUT2D eigenvalue weighted by Gasteiger charge is 2.48. The van der Waals surface area contributed by atoms with Crippen LogP contribution in [0.4, 0.5) is 0 Å². The van der Waals surface area contributed by atoms with Crippen molar-refractivity contribution in [2.45, 2.75) is 42.8 Å². The quantitative estimate of drug-likeness (QED) is 0.192. The zero-order chi connectivity index (χ0) is 27.4. The number of aliphatic hydroxyl groups is 2. The Kier molecular flexibility index (Phi) is 7.82. The van der Waals surface area contributed by atoms with Crippen LogP contribution in [0.15, 0.2) is 28.5 Å². The van der Waals surface area contributed by atoms with Crippen molar-refractivity contribution in [1.82, 2.24) is 19.1 Å². The van der Waals surface area contributed by atoms with E-state index in [1.165, 1.54) is 21.5 Å². The van der Waals surface area contributed by atoms with Gasteiger partial charge in [0, 0.05) is 0 Å². The number of aliphatic hydroxyl groups excluding tert-OH is 2. The van der Waals surface area contributed by atoms with Crippen molar-refractivity contribution >= 4 is 42.7 Å². The molecule has 2 aromatic heterocycles. The van der Waals surface area contributed by atoms with Gasteiger partial charge < -0.3 is 34.2 Å². The standard InChI is InChI=1S/C18H23BrN4O13P2/c1-2-3-31-14-8-4-32-10(14)6-34-38(29,30)36-37(27,28)33-5-9-12(24)13(25)17(35-9)23-15-11(21-18(23)19)16(26)22(8)7-20-15/h2,7-10,12-14,17,24-25H,1,3-6H2,(H,27,28)(H,29,30)/t8-,9-,10-,12-,13-,14-,17-/m1/s1. The smallest absolute Gasteiger partial charge is 0.387 e. The highest BCUT2D eigenvalue weighted by atomic mass is 79.9. The fraction of sp³-hybridized carbons (Fsp3) is 0.611. The number of nitrogens with zero attached hydrogens (tertiary/aromatic N) is 4. The number of phosphoric acid groups is 2. The highest BCUT2D eigenvalue weighted by Crippen LogP contribution is 2.60. The third-order valence-corrected chi connectivity index (χ3v) is 9.34. The molecule has 0 aliphatic carbocycles. The minimum atomic E-state index is -5.22. The van der Waals surface area contributed by atoms with Crippen LogP contribution in [-0.4, -0.2) is 96.0 Å². The molecule has 0 radical (unpaired) electrons. The van der Waals surface area contributed by atoms with Crippen LogP contribution >= 0.6 is 31.6 Å². The molecule has 0 saturated carbocycles. The lowest BCUT2D eigenvalue weighted by Gasteiger charge is -2.25. The average Bonchev–Trinajstić information content (AvgIpc) is 3.48. The van der Waals surface area contributed by atoms with Gasteiger partial charge in [-0.05, 0) is 15.9 Å². The van der Waals surface area contributed by atoms with Gasteiger partial charge in [0.25, 0.3) is 5.56 Å². The van der Waals surface area contributed by atoms with E-state index in [1.54, 1.807) is 0 Å². The fourth-order valence-electron chi connectivity index (χ4n) is 4.45. The molecule has 4 aliphatic heterocycles. The lowest BCUT2D eigenvalue weighted by atomic mass is 10.1. The van der Waals surface area contributed by atoms with Gasteiger partial charge in [0.2, 0.25) is 0 Å². The summed E-state index contributed by atoms with van der Waals surface area (Å²) >= 11 is 3.22. The lowest BCUT2D eigenvalue weighted by molar-refractivity contribution is -0.0518. The fourth-order valence-corrected chi connectivity index (χ4v) is 7.09. The van der Waals surface area contributed by atoms with Crippen LogP contribution in [0.5, 0.6) is 0 Å². The number of rotatable bonds is 3. The Labute approximate surface area is 221 Å². The van der Waals surface area contributed by atoms with E-state index in [2.05, 4.69) is 36.8 Å². The predicted octanol–water partition coefficient (Wildman–Crippen LogP) is -0.250. The van der Waals surface area contributed by atoms with E-state index in [0.29, 0.717) is 0 Å². The molecule has 6 rings (SSSR count). The number of fused-ring (bicyclic) bond motifs is 7. The second-order valence-corrected chi connectivity index (χ2v) is 12.3. The average molecular weight is 645 g/mol. The summed E-state index contributed by atoms with van der Waals surface area (Å²) in [5.41, 5.74) is -0.694. The van der Waals surface area contributed by atoms with Crippen LogP contribution in [0.25, 0.3) is 11.2 Å². The summed E-state index contributed by atoms with van der Waals surface area (Å²) in [5, 5.41) is 21.1. The second-order valence-electron chi connectivity index (χ2n) is 8.56. The monoisotopic (exact) mass is 644 g/mol. The molecular weight excluding hydrogens is 622 g/mol. The minimum absolute atomic E-state index is 0.0109. The number of hydrogen-bond donors (Lipinski definition) is 4. The highest BCUT2D eigenvalue weighted by molar-refractivity contribution is 9.10. The Bertz CT molecular complexity index is 1390. The summed E-state index contributed by atoms with van der Waals surface area (Å²) in [5.74, 6) is 0. The molecule has 0 spiro atoms. The maximum atomic E-state index is 13.5. The molecule has 38 heavy (non-hydrogen) atoms. The first-order valence-electron chi connectivity index (χ1n) is 11.1. The summed E-state index contributed by atoms with van der Waals surface area (Å²) in [6, 6.07) is -0.790. The van der Waals surface area contributed by atoms with Gasteiger partial charge >= 0.3 is 15.6 Å². The minimum Gasteiger partial charge on any atom is -0.387 e. The van der Waals surface area contributed by atoms with E-state index in [1.807, 2.05) is 0 Å². The van der Waals surface area contributed by atoms with E-state index >= 15 is 0 Å². The number of aromatic nitrogens is 4. The second kappa shape index (κ2) is 10.6. The lowest BCUT2D eigenvalue weighted by Crippen LogP contribution is -2.38. The maximum absolute atomic E-state index is 13.5. The van der Waals surface area contributed by atoms with Crippen LogP contribution in [0.1, 0.15) is 12.3 Å². The van der Waals surface area contributed by atoms with Crippen LogP contribution < -0.4 is 5.56 Å². The first-order chi connectivity index (χ1) is 17.9. The van der Waals surface area contributed by atoms with Crippen LogP contribution in [-0.2, 0) is 36.7 Å². The molecule has 4 N–H and O–H groups in total. The van der Waals surface area contributed by atoms with Crippen molar-refractivity contribution < 1.29 is 56.7 Å². The Balaban J connectivity index is 1.61. The summed E-state index contributed by atoms with van der Waals surface area (Å²) in [4.78, 5) is 42.0. The molecule has 2 unspecified atom stereocenters. The van der Waals surface area contributed by atoms with E-state index in [9.17, 15) is 33.9 Å². The van der Waals surface area contributed by atoms with Gasteiger partial charge in [0.1, 0.15) is 36.8 Å². The van der Waals surface area contributed by atoms with Gasteiger partial charge in [-0.3, -0.25) is 23.0 Å². The molecule has 17 nitrogen and oxygen atoms in total. The predicted molar refractivity (Wildman–Crippen MR) is 127 cm³/mol. The number of phosphoric ester groups is 2. The molecule has 9 atom stereocenters. The van der Waals surface area contributed by atoms with Crippen LogP contribution in [0.3, 0.4) is 0 Å². The zero-order valence-corrected chi connectivity index (χ0v) is 22.6. The van der Waals surface area contributed by atoms with E-state index < -0.39 is 77.2 Å². The topological polar surface area (TPSA) is 223 Å². The number of ether oxygens (including phenoxy) is 3. The first-order valence-corrected chi connectivity index (χ1v) is 14.9. The van der Waals surface area contributed by atoms with Gasteiger partial charge in [-0.25, -0.2) is 19.1 Å². The Morgan fingerprint density at radius 1 is 1.16 bits per heavy atom. The van der Waals surface area contributed by atoms with Crippen molar-refractivity contribution in [3.05, 3.63) is 34.1 Å². The molecule has 4 aliphatic rings. The van der Waals surface area contributed by atoms with Gasteiger partial charge in [-0.2, -0.15) is 4.31 Å². The summed E-state index contributed by atoms with van der Waals surface area (Å²) in [6.07, 6.45) is -5.26. The van der Waals surface area contributed by atoms with E-state index in [4.69, 9.17) is 23.3 Å². The van der Waals surface area contributed by atoms with Crippen molar-refractivity contribution in [3.8, 4) is 0 Å². The molecular formula is C18H23BrN4O13P2. The third kappa shape index (κ3) is 5.22. The molecule has 8 bridgehead atoms. The van der Waals surface area contributed by atoms with E-state index in [0.717, 1.165) is 0 Å². The molecule has 210 valence electrons. The zero-order valence-electron chi connectivity index (χ0n) is 19.3. The SMILES string of the molecule is C=CCO[C@@H]1[C@H]2CO[C@@H]1COP(=O)(O)OP(=O)(O)OC[C@H]1O[C@H]([C@H](O)[C@@H]1O)n1c(Br)nc3c(=O)n2cnc31. The summed E-state index contributed by atoms with van der Waals surface area (Å²) in [7, 11) is -10.4. The van der Waals surface area contributed by atoms with Gasteiger partial charge in [0.05, 0.1) is 32.5 Å². The van der Waals surface area contributed by atoms with Crippen LogP contribution in [0.2, 0.25) is 0 Å². The largest absolute Gasteiger partial charge is 0.481 e. The summed E-state index contributed by atoms with van der Waals surface area (Å²) in [6.45, 7) is 2.05. The molecule has 0 amide bonds. The molecule has 0 aromatic carbocycles. The summed E-state index contributed by atoms with van der Waals surface area (Å²) < 4.78 is 58.2. The van der Waals surface area contributed by atoms with Crippen molar-refractivity contribution in [1.29, 1.82) is 0 Å². The van der Waals surface area contributed by atoms with Gasteiger partial charge in [0.15, 0.2) is 22.1 Å². The van der Waals surface area contributed by atoms with Crippen molar-refractivity contribution in [2.75, 3.05) is 26.4 Å². The number of halogens is 1. The third-order valence-electron chi connectivity index (χ3n) is 6.18. The van der Waals surface area contributed by atoms with E-state index in [-0.39, 0.29) is 29.1 Å². The normalized spacial score (nSPS) is 40.0. The van der Waals surface area contributed by atoms with Gasteiger partial charge in [-0.15, -0.1) is 6.58 Å².